The van der Waals surface area contributed by atoms with Gasteiger partial charge < -0.3 is 5.32 Å². The quantitative estimate of drug-likeness (QED) is 0.819. The van der Waals surface area contributed by atoms with Crippen molar-refractivity contribution < 1.29 is 14.4 Å². The van der Waals surface area contributed by atoms with Crippen molar-refractivity contribution in [3.8, 4) is 11.3 Å². The summed E-state index contributed by atoms with van der Waals surface area (Å²) in [7, 11) is 0. The second kappa shape index (κ2) is 7.37. The summed E-state index contributed by atoms with van der Waals surface area (Å²) in [5, 5.41) is 5.18. The normalized spacial score (nSPS) is 14.2. The fourth-order valence-electron chi connectivity index (χ4n) is 2.96. The Morgan fingerprint density at radius 1 is 1.12 bits per heavy atom. The maximum absolute atomic E-state index is 12.1. The van der Waals surface area contributed by atoms with Crippen LogP contribution in [0.5, 0.6) is 0 Å². The van der Waals surface area contributed by atoms with Gasteiger partial charge >= 0.3 is 0 Å². The van der Waals surface area contributed by atoms with Crippen molar-refractivity contribution in [2.24, 2.45) is 0 Å². The molecule has 2 aromatic rings. The van der Waals surface area contributed by atoms with Crippen LogP contribution >= 0.6 is 11.3 Å². The second-order valence-corrected chi connectivity index (χ2v) is 7.38. The van der Waals surface area contributed by atoms with Gasteiger partial charge in [-0.25, -0.2) is 4.98 Å². The van der Waals surface area contributed by atoms with Gasteiger partial charge in [0.25, 0.3) is 0 Å². The van der Waals surface area contributed by atoms with Crippen LogP contribution in [0.15, 0.2) is 17.5 Å². The van der Waals surface area contributed by atoms with Crippen LogP contribution in [-0.2, 0) is 14.4 Å². The summed E-state index contributed by atoms with van der Waals surface area (Å²) in [4.78, 5) is 40.9. The lowest BCUT2D eigenvalue weighted by Crippen LogP contribution is -2.32. The summed E-state index contributed by atoms with van der Waals surface area (Å²) in [6, 6.07) is 4.24. The van der Waals surface area contributed by atoms with Crippen molar-refractivity contribution in [1.29, 1.82) is 0 Å². The van der Waals surface area contributed by atoms with E-state index in [2.05, 4.69) is 36.3 Å². The van der Waals surface area contributed by atoms with Crippen LogP contribution in [0.3, 0.4) is 0 Å². The summed E-state index contributed by atoms with van der Waals surface area (Å²) in [5.74, 6) is -0.663. The van der Waals surface area contributed by atoms with E-state index in [4.69, 9.17) is 0 Å². The highest BCUT2D eigenvalue weighted by Crippen LogP contribution is 2.29. The first-order valence-corrected chi connectivity index (χ1v) is 9.40. The third-order valence-corrected chi connectivity index (χ3v) is 5.34. The number of nitrogens with one attached hydrogen (secondary N) is 1. The molecule has 1 N–H and O–H groups in total. The summed E-state index contributed by atoms with van der Waals surface area (Å²) in [5.41, 5.74) is 5.46. The molecule has 0 radical (unpaired) electrons. The third-order valence-electron chi connectivity index (χ3n) is 4.58. The average molecular weight is 371 g/mol. The van der Waals surface area contributed by atoms with Gasteiger partial charge in [0, 0.05) is 36.8 Å². The highest BCUT2D eigenvalue weighted by molar-refractivity contribution is 7.14. The number of likely N-dealkylation sites (tertiary alicyclic amines) is 1. The van der Waals surface area contributed by atoms with E-state index in [-0.39, 0.29) is 43.5 Å². The molecule has 0 unspecified atom stereocenters. The number of aryl methyl sites for hydroxylation is 3. The molecule has 136 valence electrons. The molecule has 0 spiro atoms. The number of carbonyl (C=O) groups is 3. The number of hydrogen-bond acceptors (Lipinski definition) is 5. The molecule has 3 amide bonds. The van der Waals surface area contributed by atoms with Gasteiger partial charge in [-0.15, -0.1) is 11.3 Å². The molecule has 3 rings (SSSR count). The van der Waals surface area contributed by atoms with E-state index < -0.39 is 0 Å². The Bertz CT molecular complexity index is 872. The fraction of sp³-hybridized carbons (Fsp3) is 0.368. The smallest absolute Gasteiger partial charge is 0.229 e. The molecule has 1 aromatic carbocycles. The van der Waals surface area contributed by atoms with E-state index >= 15 is 0 Å². The van der Waals surface area contributed by atoms with Gasteiger partial charge in [-0.1, -0.05) is 6.07 Å². The Morgan fingerprint density at radius 2 is 1.77 bits per heavy atom. The van der Waals surface area contributed by atoms with Crippen LogP contribution in [0.2, 0.25) is 0 Å². The molecule has 2 heterocycles. The maximum atomic E-state index is 12.1. The maximum Gasteiger partial charge on any atom is 0.229 e. The van der Waals surface area contributed by atoms with Crippen LogP contribution in [0.1, 0.15) is 36.0 Å². The Morgan fingerprint density at radius 3 is 2.46 bits per heavy atom. The van der Waals surface area contributed by atoms with Gasteiger partial charge in [0.1, 0.15) is 0 Å². The summed E-state index contributed by atoms with van der Waals surface area (Å²) in [6.07, 6.45) is 0.562. The average Bonchev–Trinajstić information content (AvgIpc) is 3.16. The van der Waals surface area contributed by atoms with E-state index in [1.165, 1.54) is 22.5 Å². The van der Waals surface area contributed by atoms with Crippen LogP contribution in [0.4, 0.5) is 5.13 Å². The monoisotopic (exact) mass is 371 g/mol. The third kappa shape index (κ3) is 3.83. The molecule has 1 aliphatic heterocycles. The van der Waals surface area contributed by atoms with Crippen LogP contribution in [-0.4, -0.2) is 34.2 Å². The van der Waals surface area contributed by atoms with Gasteiger partial charge in [-0.2, -0.15) is 0 Å². The van der Waals surface area contributed by atoms with Crippen LogP contribution < -0.4 is 5.32 Å². The topological polar surface area (TPSA) is 79.4 Å². The lowest BCUT2D eigenvalue weighted by atomic mass is 9.99. The van der Waals surface area contributed by atoms with E-state index in [0.717, 1.165) is 21.7 Å². The lowest BCUT2D eigenvalue weighted by Gasteiger charge is -2.12. The first kappa shape index (κ1) is 18.3. The van der Waals surface area contributed by atoms with E-state index in [1.54, 1.807) is 0 Å². The van der Waals surface area contributed by atoms with Gasteiger partial charge in [-0.05, 0) is 43.5 Å². The van der Waals surface area contributed by atoms with Crippen molar-refractivity contribution >= 4 is 34.2 Å². The molecule has 0 saturated carbocycles. The summed E-state index contributed by atoms with van der Waals surface area (Å²) < 4.78 is 0. The predicted octanol–water partition coefficient (Wildman–Crippen LogP) is 3.21. The molecule has 1 aliphatic rings. The molecule has 0 bridgehead atoms. The molecule has 1 saturated heterocycles. The zero-order valence-corrected chi connectivity index (χ0v) is 15.9. The second-order valence-electron chi connectivity index (χ2n) is 6.53. The largest absolute Gasteiger partial charge is 0.302 e. The van der Waals surface area contributed by atoms with E-state index in [9.17, 15) is 14.4 Å². The van der Waals surface area contributed by atoms with Crippen molar-refractivity contribution in [1.82, 2.24) is 9.88 Å². The number of aromatic nitrogens is 1. The Labute approximate surface area is 156 Å². The number of imide groups is 1. The zero-order valence-electron chi connectivity index (χ0n) is 15.1. The Hall–Kier alpha value is -2.54. The summed E-state index contributed by atoms with van der Waals surface area (Å²) >= 11 is 1.36. The van der Waals surface area contributed by atoms with Crippen LogP contribution in [0.25, 0.3) is 11.3 Å². The van der Waals surface area contributed by atoms with Crippen molar-refractivity contribution in [3.63, 3.8) is 0 Å². The van der Waals surface area contributed by atoms with Gasteiger partial charge in [0.15, 0.2) is 5.13 Å². The minimum Gasteiger partial charge on any atom is -0.302 e. The molecular formula is C19H21N3O3S. The van der Waals surface area contributed by atoms with Crippen molar-refractivity contribution in [3.05, 3.63) is 34.2 Å². The van der Waals surface area contributed by atoms with Crippen molar-refractivity contribution in [2.45, 2.75) is 40.0 Å². The molecular weight excluding hydrogens is 350 g/mol. The minimum atomic E-state index is -0.254. The first-order chi connectivity index (χ1) is 12.3. The lowest BCUT2D eigenvalue weighted by molar-refractivity contribution is -0.138. The molecule has 26 heavy (non-hydrogen) atoms. The SMILES string of the molecule is Cc1cc(C)c(-c2csc(NC(=O)CCN3C(=O)CCC3=O)n2)cc1C. The number of benzene rings is 1. The molecule has 6 nitrogen and oxygen atoms in total. The van der Waals surface area contributed by atoms with Crippen LogP contribution in [0, 0.1) is 20.8 Å². The zero-order chi connectivity index (χ0) is 18.8. The number of carbonyl (C=O) groups excluding carboxylic acids is 3. The van der Waals surface area contributed by atoms with Gasteiger partial charge in [0.2, 0.25) is 17.7 Å². The number of nitrogens with zero attached hydrogens (tertiary/aromatic N) is 2. The summed E-state index contributed by atoms with van der Waals surface area (Å²) in [6.45, 7) is 6.31. The first-order valence-electron chi connectivity index (χ1n) is 8.52. The highest BCUT2D eigenvalue weighted by Gasteiger charge is 2.28. The molecule has 1 fully saturated rings. The number of rotatable bonds is 5. The molecule has 1 aromatic heterocycles. The predicted molar refractivity (Wildman–Crippen MR) is 101 cm³/mol. The highest BCUT2D eigenvalue weighted by atomic mass is 32.1. The van der Waals surface area contributed by atoms with Crippen molar-refractivity contribution in [2.75, 3.05) is 11.9 Å². The molecule has 7 heteroatoms. The minimum absolute atomic E-state index is 0.0784. The van der Waals surface area contributed by atoms with E-state index in [1.807, 2.05) is 12.3 Å². The number of amides is 3. The standard InChI is InChI=1S/C19H21N3O3S/c1-11-8-13(3)14(9-12(11)2)15-10-26-19(20-15)21-16(23)6-7-22-17(24)4-5-18(22)25/h8-10H,4-7H2,1-3H3,(H,20,21,23). The van der Waals surface area contributed by atoms with Gasteiger partial charge in [0.05, 0.1) is 5.69 Å². The molecule has 0 atom stereocenters. The Balaban J connectivity index is 1.63. The van der Waals surface area contributed by atoms with E-state index in [0.29, 0.717) is 5.13 Å². The Kier molecular flexibility index (Phi) is 5.18. The number of thiazole rings is 1. The number of anilines is 1. The van der Waals surface area contributed by atoms with Gasteiger partial charge in [-0.3, -0.25) is 19.3 Å². The molecule has 0 aliphatic carbocycles. The fourth-order valence-corrected chi connectivity index (χ4v) is 3.69. The number of hydrogen-bond donors (Lipinski definition) is 1.